The van der Waals surface area contributed by atoms with Crippen molar-refractivity contribution in [1.29, 1.82) is 0 Å². The largest absolute Gasteiger partial charge is 0.492 e. The van der Waals surface area contributed by atoms with Gasteiger partial charge in [0.2, 0.25) is 0 Å². The van der Waals surface area contributed by atoms with E-state index in [1.54, 1.807) is 12.1 Å². The molecular formula is C13H20N2O4. The van der Waals surface area contributed by atoms with Crippen LogP contribution in [-0.2, 0) is 0 Å². The van der Waals surface area contributed by atoms with Gasteiger partial charge in [0.15, 0.2) is 0 Å². The van der Waals surface area contributed by atoms with Crippen LogP contribution in [0, 0.1) is 10.1 Å². The number of non-ortho nitro benzene ring substituents is 1. The van der Waals surface area contributed by atoms with Gasteiger partial charge >= 0.3 is 0 Å². The molecule has 0 amide bonds. The van der Waals surface area contributed by atoms with E-state index in [1.807, 2.05) is 13.8 Å². The van der Waals surface area contributed by atoms with Gasteiger partial charge in [-0.1, -0.05) is 6.92 Å². The zero-order valence-corrected chi connectivity index (χ0v) is 11.3. The Balaban J connectivity index is 2.35. The van der Waals surface area contributed by atoms with E-state index < -0.39 is 4.92 Å². The molecule has 6 nitrogen and oxygen atoms in total. The van der Waals surface area contributed by atoms with E-state index in [9.17, 15) is 15.2 Å². The summed E-state index contributed by atoms with van der Waals surface area (Å²) in [5.41, 5.74) is -0.247. The van der Waals surface area contributed by atoms with Crippen LogP contribution in [0.5, 0.6) is 5.75 Å². The highest BCUT2D eigenvalue weighted by Crippen LogP contribution is 2.17. The highest BCUT2D eigenvalue weighted by molar-refractivity contribution is 5.35. The lowest BCUT2D eigenvalue weighted by atomic mass is 10.0. The van der Waals surface area contributed by atoms with Crippen LogP contribution in [0.1, 0.15) is 20.3 Å². The molecule has 6 heteroatoms. The average Bonchev–Trinajstić information content (AvgIpc) is 2.44. The van der Waals surface area contributed by atoms with E-state index in [0.717, 1.165) is 6.42 Å². The lowest BCUT2D eigenvalue weighted by Gasteiger charge is -2.27. The minimum atomic E-state index is -0.445. The predicted octanol–water partition coefficient (Wildman–Crippen LogP) is 1.72. The molecule has 0 saturated heterocycles. The molecule has 0 bridgehead atoms. The molecule has 0 aliphatic carbocycles. The van der Waals surface area contributed by atoms with E-state index in [4.69, 9.17) is 4.74 Å². The molecular weight excluding hydrogens is 248 g/mol. The number of benzene rings is 1. The molecule has 0 spiro atoms. The lowest BCUT2D eigenvalue weighted by Crippen LogP contribution is -2.46. The monoisotopic (exact) mass is 268 g/mol. The van der Waals surface area contributed by atoms with Gasteiger partial charge in [0, 0.05) is 24.2 Å². The van der Waals surface area contributed by atoms with Gasteiger partial charge in [-0.3, -0.25) is 10.1 Å². The molecule has 106 valence electrons. The number of aliphatic hydroxyl groups excluding tert-OH is 1. The summed E-state index contributed by atoms with van der Waals surface area (Å²) < 4.78 is 5.46. The van der Waals surface area contributed by atoms with Gasteiger partial charge in [0.05, 0.1) is 11.5 Å². The Bertz CT molecular complexity index is 402. The Labute approximate surface area is 112 Å². The first-order chi connectivity index (χ1) is 9.00. The minimum Gasteiger partial charge on any atom is -0.492 e. The molecule has 1 aromatic rings. The van der Waals surface area contributed by atoms with Crippen molar-refractivity contribution < 1.29 is 14.8 Å². The molecule has 0 fully saturated rings. The molecule has 0 heterocycles. The van der Waals surface area contributed by atoms with Gasteiger partial charge in [-0.25, -0.2) is 0 Å². The lowest BCUT2D eigenvalue weighted by molar-refractivity contribution is -0.384. The Kier molecular flexibility index (Phi) is 5.72. The molecule has 0 aliphatic rings. The van der Waals surface area contributed by atoms with Crippen LogP contribution in [0.25, 0.3) is 0 Å². The summed E-state index contributed by atoms with van der Waals surface area (Å²) in [7, 11) is 0. The fourth-order valence-corrected chi connectivity index (χ4v) is 1.48. The van der Waals surface area contributed by atoms with E-state index in [-0.39, 0.29) is 17.8 Å². The molecule has 1 aromatic carbocycles. The van der Waals surface area contributed by atoms with Gasteiger partial charge in [-0.2, -0.15) is 0 Å². The van der Waals surface area contributed by atoms with Gasteiger partial charge < -0.3 is 15.2 Å². The van der Waals surface area contributed by atoms with Crippen LogP contribution >= 0.6 is 0 Å². The first-order valence-electron chi connectivity index (χ1n) is 6.24. The second-order valence-electron chi connectivity index (χ2n) is 4.60. The van der Waals surface area contributed by atoms with E-state index in [2.05, 4.69) is 5.32 Å². The van der Waals surface area contributed by atoms with Crippen molar-refractivity contribution >= 4 is 5.69 Å². The first-order valence-corrected chi connectivity index (χ1v) is 6.24. The third-order valence-electron chi connectivity index (χ3n) is 3.10. The SMILES string of the molecule is CCC(C)(CO)NCCOc1ccc([N+](=O)[O-])cc1. The van der Waals surface area contributed by atoms with Gasteiger partial charge in [-0.05, 0) is 25.5 Å². The molecule has 0 aliphatic heterocycles. The van der Waals surface area contributed by atoms with Crippen LogP contribution < -0.4 is 10.1 Å². The molecule has 1 atom stereocenters. The van der Waals surface area contributed by atoms with Crippen molar-refractivity contribution in [2.45, 2.75) is 25.8 Å². The maximum absolute atomic E-state index is 10.5. The van der Waals surface area contributed by atoms with Crippen molar-refractivity contribution in [3.63, 3.8) is 0 Å². The van der Waals surface area contributed by atoms with Crippen molar-refractivity contribution in [1.82, 2.24) is 5.32 Å². The van der Waals surface area contributed by atoms with Crippen molar-refractivity contribution in [3.8, 4) is 5.75 Å². The second-order valence-corrected chi connectivity index (χ2v) is 4.60. The van der Waals surface area contributed by atoms with Gasteiger partial charge in [-0.15, -0.1) is 0 Å². The highest BCUT2D eigenvalue weighted by Gasteiger charge is 2.19. The molecule has 2 N–H and O–H groups in total. The zero-order chi connectivity index (χ0) is 14.3. The van der Waals surface area contributed by atoms with Crippen molar-refractivity contribution in [2.24, 2.45) is 0 Å². The number of aliphatic hydroxyl groups is 1. The smallest absolute Gasteiger partial charge is 0.269 e. The fraction of sp³-hybridized carbons (Fsp3) is 0.538. The standard InChI is InChI=1S/C13H20N2O4/c1-3-13(2,10-16)14-8-9-19-12-6-4-11(5-7-12)15(17)18/h4-7,14,16H,3,8-10H2,1-2H3. The number of ether oxygens (including phenoxy) is 1. The number of hydrogen-bond donors (Lipinski definition) is 2. The quantitative estimate of drug-likeness (QED) is 0.426. The number of nitro benzene ring substituents is 1. The molecule has 0 aromatic heterocycles. The Morgan fingerprint density at radius 2 is 2.05 bits per heavy atom. The minimum absolute atomic E-state index is 0.0457. The maximum Gasteiger partial charge on any atom is 0.269 e. The van der Waals surface area contributed by atoms with Crippen LogP contribution in [-0.4, -0.2) is 35.3 Å². The van der Waals surface area contributed by atoms with E-state index in [1.165, 1.54) is 12.1 Å². The number of rotatable bonds is 8. The Hall–Kier alpha value is -1.66. The molecule has 0 saturated carbocycles. The summed E-state index contributed by atoms with van der Waals surface area (Å²) in [6, 6.07) is 5.96. The van der Waals surface area contributed by atoms with Crippen LogP contribution in [0.4, 0.5) is 5.69 Å². The summed E-state index contributed by atoms with van der Waals surface area (Å²) in [5.74, 6) is 0.592. The summed E-state index contributed by atoms with van der Waals surface area (Å²) >= 11 is 0. The van der Waals surface area contributed by atoms with E-state index >= 15 is 0 Å². The Morgan fingerprint density at radius 1 is 1.42 bits per heavy atom. The number of nitro groups is 1. The highest BCUT2D eigenvalue weighted by atomic mass is 16.6. The third kappa shape index (κ3) is 4.84. The molecule has 19 heavy (non-hydrogen) atoms. The zero-order valence-electron chi connectivity index (χ0n) is 11.3. The van der Waals surface area contributed by atoms with Gasteiger partial charge in [0.1, 0.15) is 12.4 Å². The maximum atomic E-state index is 10.5. The average molecular weight is 268 g/mol. The first kappa shape index (κ1) is 15.4. The van der Waals surface area contributed by atoms with Crippen LogP contribution in [0.3, 0.4) is 0 Å². The second kappa shape index (κ2) is 7.06. The number of nitrogens with one attached hydrogen (secondary N) is 1. The molecule has 1 rings (SSSR count). The summed E-state index contributed by atoms with van der Waals surface area (Å²) in [6.45, 7) is 5.05. The van der Waals surface area contributed by atoms with Crippen LogP contribution in [0.2, 0.25) is 0 Å². The summed E-state index contributed by atoms with van der Waals surface area (Å²) in [4.78, 5) is 10.0. The third-order valence-corrected chi connectivity index (χ3v) is 3.10. The normalized spacial score (nSPS) is 13.8. The van der Waals surface area contributed by atoms with E-state index in [0.29, 0.717) is 18.9 Å². The van der Waals surface area contributed by atoms with Crippen molar-refractivity contribution in [2.75, 3.05) is 19.8 Å². The topological polar surface area (TPSA) is 84.6 Å². The van der Waals surface area contributed by atoms with Crippen LogP contribution in [0.15, 0.2) is 24.3 Å². The molecule has 0 radical (unpaired) electrons. The van der Waals surface area contributed by atoms with Crippen molar-refractivity contribution in [3.05, 3.63) is 34.4 Å². The molecule has 1 unspecified atom stereocenters. The predicted molar refractivity (Wildman–Crippen MR) is 72.4 cm³/mol. The summed E-state index contributed by atoms with van der Waals surface area (Å²) in [5, 5.41) is 22.9. The Morgan fingerprint density at radius 3 is 2.53 bits per heavy atom. The number of hydrogen-bond acceptors (Lipinski definition) is 5. The number of nitrogens with zero attached hydrogens (tertiary/aromatic N) is 1. The van der Waals surface area contributed by atoms with Gasteiger partial charge in [0.25, 0.3) is 5.69 Å². The fourth-order valence-electron chi connectivity index (χ4n) is 1.48. The summed E-state index contributed by atoms with van der Waals surface area (Å²) in [6.07, 6.45) is 0.820.